The lowest BCUT2D eigenvalue weighted by molar-refractivity contribution is 0.219. The molecular weight excluding hydrogens is 366 g/mol. The summed E-state index contributed by atoms with van der Waals surface area (Å²) in [5.74, 6) is 1.06. The number of hydrogen-bond donors (Lipinski definition) is 2. The van der Waals surface area contributed by atoms with Crippen LogP contribution in [0.4, 0.5) is 0 Å². The fourth-order valence-electron chi connectivity index (χ4n) is 3.83. The van der Waals surface area contributed by atoms with Gasteiger partial charge in [0.25, 0.3) is 0 Å². The number of aliphatic hydroxyl groups is 1. The predicted molar refractivity (Wildman–Crippen MR) is 105 cm³/mol. The van der Waals surface area contributed by atoms with Crippen molar-refractivity contribution in [1.29, 1.82) is 0 Å². The van der Waals surface area contributed by atoms with E-state index in [1.807, 2.05) is 6.92 Å². The van der Waals surface area contributed by atoms with E-state index >= 15 is 0 Å². The number of rotatable bonds is 3. The highest BCUT2D eigenvalue weighted by atomic mass is 79.9. The van der Waals surface area contributed by atoms with Crippen molar-refractivity contribution in [2.45, 2.75) is 58.0 Å². The SMILES string of the molecule is CCc1ccc(Br)cc1C1(C2CCCCC2)N=C(C)C(N)=N1.CO. The van der Waals surface area contributed by atoms with Gasteiger partial charge in [0.05, 0.1) is 5.71 Å². The van der Waals surface area contributed by atoms with Crippen molar-refractivity contribution < 1.29 is 5.11 Å². The van der Waals surface area contributed by atoms with E-state index < -0.39 is 5.66 Å². The van der Waals surface area contributed by atoms with Crippen LogP contribution in [0.15, 0.2) is 32.7 Å². The minimum Gasteiger partial charge on any atom is -0.400 e. The summed E-state index contributed by atoms with van der Waals surface area (Å²) in [5.41, 5.74) is 9.08. The quantitative estimate of drug-likeness (QED) is 0.807. The summed E-state index contributed by atoms with van der Waals surface area (Å²) in [7, 11) is 1.00. The van der Waals surface area contributed by atoms with Gasteiger partial charge >= 0.3 is 0 Å². The van der Waals surface area contributed by atoms with Gasteiger partial charge in [0, 0.05) is 23.1 Å². The Labute approximate surface area is 153 Å². The van der Waals surface area contributed by atoms with E-state index in [-0.39, 0.29) is 0 Å². The van der Waals surface area contributed by atoms with E-state index in [4.69, 9.17) is 20.8 Å². The lowest BCUT2D eigenvalue weighted by Gasteiger charge is -2.36. The molecule has 1 atom stereocenters. The zero-order chi connectivity index (χ0) is 17.7. The van der Waals surface area contributed by atoms with Crippen molar-refractivity contribution in [2.24, 2.45) is 21.6 Å². The Balaban J connectivity index is 0.00000100. The first-order chi connectivity index (χ1) is 11.6. The van der Waals surface area contributed by atoms with Crippen molar-refractivity contribution in [3.63, 3.8) is 0 Å². The summed E-state index contributed by atoms with van der Waals surface area (Å²) in [5, 5.41) is 7.00. The summed E-state index contributed by atoms with van der Waals surface area (Å²) < 4.78 is 1.09. The third kappa shape index (κ3) is 3.57. The maximum Gasteiger partial charge on any atom is 0.181 e. The third-order valence-electron chi connectivity index (χ3n) is 5.02. The molecule has 24 heavy (non-hydrogen) atoms. The van der Waals surface area contributed by atoms with Crippen molar-refractivity contribution in [1.82, 2.24) is 0 Å². The molecule has 0 spiro atoms. The van der Waals surface area contributed by atoms with Crippen LogP contribution in [0.5, 0.6) is 0 Å². The van der Waals surface area contributed by atoms with E-state index in [0.717, 1.165) is 23.7 Å². The van der Waals surface area contributed by atoms with Crippen LogP contribution in [0.2, 0.25) is 0 Å². The molecule has 3 rings (SSSR count). The van der Waals surface area contributed by atoms with Crippen LogP contribution < -0.4 is 5.73 Å². The Morgan fingerprint density at radius 3 is 2.42 bits per heavy atom. The van der Waals surface area contributed by atoms with E-state index in [2.05, 4.69) is 41.1 Å². The molecule has 1 heterocycles. The topological polar surface area (TPSA) is 71.0 Å². The van der Waals surface area contributed by atoms with Crippen molar-refractivity contribution in [3.8, 4) is 0 Å². The molecule has 3 N–H and O–H groups in total. The Hall–Kier alpha value is -1.20. The maximum absolute atomic E-state index is 7.00. The van der Waals surface area contributed by atoms with Crippen LogP contribution in [0, 0.1) is 5.92 Å². The van der Waals surface area contributed by atoms with Gasteiger partial charge in [-0.15, -0.1) is 0 Å². The zero-order valence-electron chi connectivity index (χ0n) is 14.8. The number of aliphatic imine (C=N–C) groups is 2. The number of halogens is 1. The zero-order valence-corrected chi connectivity index (χ0v) is 16.4. The number of benzene rings is 1. The smallest absolute Gasteiger partial charge is 0.181 e. The Morgan fingerprint density at radius 1 is 1.21 bits per heavy atom. The number of aryl methyl sites for hydroxylation is 1. The first-order valence-corrected chi connectivity index (χ1v) is 9.52. The average molecular weight is 394 g/mol. The maximum atomic E-state index is 7.00. The number of nitrogens with two attached hydrogens (primary N) is 1. The molecule has 0 saturated heterocycles. The molecule has 1 fully saturated rings. The van der Waals surface area contributed by atoms with Crippen molar-refractivity contribution in [2.75, 3.05) is 7.11 Å². The van der Waals surface area contributed by atoms with E-state index in [0.29, 0.717) is 11.8 Å². The van der Waals surface area contributed by atoms with Gasteiger partial charge < -0.3 is 10.8 Å². The van der Waals surface area contributed by atoms with Gasteiger partial charge in [-0.2, -0.15) is 0 Å². The Kier molecular flexibility index (Phi) is 6.58. The second-order valence-corrected chi connectivity index (χ2v) is 7.33. The molecule has 0 radical (unpaired) electrons. The van der Waals surface area contributed by atoms with Crippen LogP contribution in [0.1, 0.15) is 57.1 Å². The van der Waals surface area contributed by atoms with Crippen LogP contribution in [-0.2, 0) is 12.1 Å². The minimum atomic E-state index is -0.496. The first-order valence-electron chi connectivity index (χ1n) is 8.72. The summed E-state index contributed by atoms with van der Waals surface area (Å²) in [6, 6.07) is 6.50. The summed E-state index contributed by atoms with van der Waals surface area (Å²) in [6.07, 6.45) is 7.22. The highest BCUT2D eigenvalue weighted by Gasteiger charge is 2.45. The second-order valence-electron chi connectivity index (χ2n) is 6.41. The fourth-order valence-corrected chi connectivity index (χ4v) is 4.19. The largest absolute Gasteiger partial charge is 0.400 e. The third-order valence-corrected chi connectivity index (χ3v) is 5.52. The summed E-state index contributed by atoms with van der Waals surface area (Å²) >= 11 is 3.62. The monoisotopic (exact) mass is 393 g/mol. The molecule has 1 aromatic carbocycles. The van der Waals surface area contributed by atoms with Gasteiger partial charge in [-0.25, -0.2) is 4.99 Å². The second kappa shape index (κ2) is 8.26. The Morgan fingerprint density at radius 2 is 1.88 bits per heavy atom. The number of nitrogens with zero attached hydrogens (tertiary/aromatic N) is 2. The van der Waals surface area contributed by atoms with Crippen LogP contribution in [0.3, 0.4) is 0 Å². The number of hydrogen-bond acceptors (Lipinski definition) is 4. The predicted octanol–water partition coefficient (Wildman–Crippen LogP) is 4.18. The molecular formula is C19H28BrN3O. The first kappa shape index (κ1) is 19.1. The molecule has 4 nitrogen and oxygen atoms in total. The van der Waals surface area contributed by atoms with Gasteiger partial charge in [-0.05, 0) is 43.9 Å². The molecule has 1 unspecified atom stereocenters. The van der Waals surface area contributed by atoms with E-state index in [1.54, 1.807) is 0 Å². The molecule has 0 amide bonds. The van der Waals surface area contributed by atoms with Gasteiger partial charge in [-0.3, -0.25) is 4.99 Å². The molecule has 132 valence electrons. The van der Waals surface area contributed by atoms with Gasteiger partial charge in [0.1, 0.15) is 5.84 Å². The molecule has 1 aliphatic heterocycles. The molecule has 1 aromatic rings. The lowest BCUT2D eigenvalue weighted by atomic mass is 9.75. The summed E-state index contributed by atoms with van der Waals surface area (Å²) in [4.78, 5) is 9.93. The van der Waals surface area contributed by atoms with Crippen molar-refractivity contribution in [3.05, 3.63) is 33.8 Å². The van der Waals surface area contributed by atoms with Gasteiger partial charge in [0.2, 0.25) is 0 Å². The van der Waals surface area contributed by atoms with Gasteiger partial charge in [0.15, 0.2) is 5.66 Å². The van der Waals surface area contributed by atoms with E-state index in [9.17, 15) is 0 Å². The van der Waals surface area contributed by atoms with Crippen LogP contribution in [-0.4, -0.2) is 23.8 Å². The molecule has 0 aromatic heterocycles. The summed E-state index contributed by atoms with van der Waals surface area (Å²) in [6.45, 7) is 4.17. The average Bonchev–Trinajstić information content (AvgIpc) is 2.93. The lowest BCUT2D eigenvalue weighted by Crippen LogP contribution is -2.33. The van der Waals surface area contributed by atoms with Crippen LogP contribution in [0.25, 0.3) is 0 Å². The van der Waals surface area contributed by atoms with Crippen molar-refractivity contribution >= 4 is 27.5 Å². The van der Waals surface area contributed by atoms with Crippen LogP contribution >= 0.6 is 15.9 Å². The highest BCUT2D eigenvalue weighted by molar-refractivity contribution is 9.10. The molecule has 5 heteroatoms. The standard InChI is InChI=1S/C18H24BrN3.CH4O/c1-3-13-9-10-15(19)11-16(13)18(14-7-5-4-6-8-14)21-12(2)17(20)22-18;1-2/h9-11,14H,3-8H2,1-2H3,(H2,20,22);2H,1H3. The Bertz CT molecular complexity index is 615. The normalized spacial score (nSPS) is 24.0. The van der Waals surface area contributed by atoms with Gasteiger partial charge in [-0.1, -0.05) is 48.2 Å². The fraction of sp³-hybridized carbons (Fsp3) is 0.579. The highest BCUT2D eigenvalue weighted by Crippen LogP contribution is 2.47. The number of aliphatic hydroxyl groups excluding tert-OH is 1. The molecule has 1 saturated carbocycles. The minimum absolute atomic E-state index is 0.455. The molecule has 2 aliphatic rings. The van der Waals surface area contributed by atoms with E-state index in [1.165, 1.54) is 43.2 Å². The molecule has 0 bridgehead atoms. The molecule has 1 aliphatic carbocycles. The number of amidine groups is 1.